The minimum absolute atomic E-state index is 0.109. The van der Waals surface area contributed by atoms with Gasteiger partial charge in [-0.2, -0.15) is 5.10 Å². The molecule has 0 fully saturated rings. The van der Waals surface area contributed by atoms with Gasteiger partial charge in [0.1, 0.15) is 5.82 Å². The van der Waals surface area contributed by atoms with Gasteiger partial charge in [0.05, 0.1) is 18.3 Å². The van der Waals surface area contributed by atoms with E-state index in [1.807, 2.05) is 24.3 Å². The molecule has 2 aromatic carbocycles. The summed E-state index contributed by atoms with van der Waals surface area (Å²) in [6, 6.07) is 13.4. The van der Waals surface area contributed by atoms with E-state index in [-0.39, 0.29) is 12.1 Å². The predicted molar refractivity (Wildman–Crippen MR) is 104 cm³/mol. The number of amides is 2. The zero-order chi connectivity index (χ0) is 19.6. The molecule has 0 radical (unpaired) electrons. The van der Waals surface area contributed by atoms with E-state index in [0.29, 0.717) is 0 Å². The molecule has 0 unspecified atom stereocenters. The van der Waals surface area contributed by atoms with Gasteiger partial charge in [-0.1, -0.05) is 24.3 Å². The lowest BCUT2D eigenvalue weighted by Crippen LogP contribution is -2.35. The number of hydrogen-bond acceptors (Lipinski definition) is 4. The summed E-state index contributed by atoms with van der Waals surface area (Å²) >= 11 is 0. The summed E-state index contributed by atoms with van der Waals surface area (Å²) in [7, 11) is 0. The average molecular weight is 370 g/mol. The Hall–Kier alpha value is -3.22. The van der Waals surface area contributed by atoms with Crippen LogP contribution in [0.1, 0.15) is 29.8 Å². The largest absolute Gasteiger partial charge is 0.372 e. The fraction of sp³-hybridized carbons (Fsp3) is 0.250. The van der Waals surface area contributed by atoms with Gasteiger partial charge < -0.3 is 10.2 Å². The Kier molecular flexibility index (Phi) is 7.49. The van der Waals surface area contributed by atoms with E-state index in [1.165, 1.54) is 24.4 Å². The number of nitrogens with zero attached hydrogens (tertiary/aromatic N) is 2. The zero-order valence-corrected chi connectivity index (χ0v) is 15.4. The van der Waals surface area contributed by atoms with Gasteiger partial charge in [-0.05, 0) is 43.7 Å². The second-order valence-electron chi connectivity index (χ2n) is 5.72. The molecule has 2 N–H and O–H groups in total. The van der Waals surface area contributed by atoms with Crippen LogP contribution in [0.4, 0.5) is 10.1 Å². The van der Waals surface area contributed by atoms with Crippen LogP contribution < -0.4 is 15.6 Å². The Morgan fingerprint density at radius 2 is 1.74 bits per heavy atom. The van der Waals surface area contributed by atoms with Gasteiger partial charge in [-0.25, -0.2) is 9.82 Å². The highest BCUT2D eigenvalue weighted by molar-refractivity contribution is 5.96. The zero-order valence-electron chi connectivity index (χ0n) is 15.4. The van der Waals surface area contributed by atoms with Crippen molar-refractivity contribution in [1.82, 2.24) is 10.7 Å². The standard InChI is InChI=1S/C20H23FN4O2/c1-3-25(4-2)16-11-9-15(10-12-16)13-23-24-19(26)14-22-20(27)17-7-5-6-8-18(17)21/h5-13H,3-4,14H2,1-2H3,(H,22,27)(H,24,26)/b23-13-. The minimum atomic E-state index is -0.653. The van der Waals surface area contributed by atoms with Crippen molar-refractivity contribution in [2.24, 2.45) is 5.10 Å². The van der Waals surface area contributed by atoms with Gasteiger partial charge in [0.2, 0.25) is 0 Å². The molecule has 6 nitrogen and oxygen atoms in total. The lowest BCUT2D eigenvalue weighted by Gasteiger charge is -2.20. The second kappa shape index (κ2) is 10.1. The Morgan fingerprint density at radius 3 is 2.37 bits per heavy atom. The normalized spacial score (nSPS) is 10.6. The van der Waals surface area contributed by atoms with E-state index in [0.717, 1.165) is 24.3 Å². The summed E-state index contributed by atoms with van der Waals surface area (Å²) in [5.74, 6) is -1.79. The number of anilines is 1. The maximum atomic E-state index is 13.5. The summed E-state index contributed by atoms with van der Waals surface area (Å²) in [5.41, 5.74) is 4.17. The van der Waals surface area contributed by atoms with E-state index in [4.69, 9.17) is 0 Å². The third-order valence-electron chi connectivity index (χ3n) is 3.95. The third kappa shape index (κ3) is 5.91. The summed E-state index contributed by atoms with van der Waals surface area (Å²) in [4.78, 5) is 25.8. The van der Waals surface area contributed by atoms with Crippen LogP contribution in [-0.2, 0) is 4.79 Å². The Labute approximate surface area is 158 Å². The first-order chi connectivity index (χ1) is 13.0. The number of halogens is 1. The lowest BCUT2D eigenvalue weighted by molar-refractivity contribution is -0.120. The number of rotatable bonds is 8. The highest BCUT2D eigenvalue weighted by Gasteiger charge is 2.11. The topological polar surface area (TPSA) is 73.8 Å². The Bertz CT molecular complexity index is 802. The van der Waals surface area contributed by atoms with Gasteiger partial charge in [0.25, 0.3) is 11.8 Å². The number of hydrazone groups is 1. The fourth-order valence-corrected chi connectivity index (χ4v) is 2.48. The van der Waals surface area contributed by atoms with Gasteiger partial charge in [0, 0.05) is 18.8 Å². The molecule has 0 atom stereocenters. The van der Waals surface area contributed by atoms with E-state index < -0.39 is 17.6 Å². The van der Waals surface area contributed by atoms with Crippen molar-refractivity contribution in [2.75, 3.05) is 24.5 Å². The molecule has 0 saturated carbocycles. The first-order valence-electron chi connectivity index (χ1n) is 8.74. The smallest absolute Gasteiger partial charge is 0.259 e. The van der Waals surface area contributed by atoms with Crippen molar-refractivity contribution in [3.05, 3.63) is 65.5 Å². The van der Waals surface area contributed by atoms with E-state index in [9.17, 15) is 14.0 Å². The summed E-state index contributed by atoms with van der Waals surface area (Å²) in [6.07, 6.45) is 1.52. The van der Waals surface area contributed by atoms with Crippen molar-refractivity contribution in [3.63, 3.8) is 0 Å². The maximum absolute atomic E-state index is 13.5. The quantitative estimate of drug-likeness (QED) is 0.554. The summed E-state index contributed by atoms with van der Waals surface area (Å²) in [6.45, 7) is 5.75. The number of hydrogen-bond donors (Lipinski definition) is 2. The molecule has 2 aromatic rings. The molecule has 0 spiro atoms. The molecular weight excluding hydrogens is 347 g/mol. The monoisotopic (exact) mass is 370 g/mol. The predicted octanol–water partition coefficient (Wildman–Crippen LogP) is 2.55. The molecule has 27 heavy (non-hydrogen) atoms. The van der Waals surface area contributed by atoms with Gasteiger partial charge in [0.15, 0.2) is 0 Å². The van der Waals surface area contributed by atoms with E-state index in [1.54, 1.807) is 6.07 Å². The molecule has 0 aliphatic heterocycles. The number of benzene rings is 2. The summed E-state index contributed by atoms with van der Waals surface area (Å²) < 4.78 is 13.5. The van der Waals surface area contributed by atoms with Crippen molar-refractivity contribution in [2.45, 2.75) is 13.8 Å². The molecule has 7 heteroatoms. The molecule has 0 aromatic heterocycles. The molecule has 0 saturated heterocycles. The van der Waals surface area contributed by atoms with E-state index in [2.05, 4.69) is 34.6 Å². The Morgan fingerprint density at radius 1 is 1.07 bits per heavy atom. The van der Waals surface area contributed by atoms with Gasteiger partial charge >= 0.3 is 0 Å². The third-order valence-corrected chi connectivity index (χ3v) is 3.95. The fourth-order valence-electron chi connectivity index (χ4n) is 2.48. The first-order valence-corrected chi connectivity index (χ1v) is 8.74. The maximum Gasteiger partial charge on any atom is 0.259 e. The number of nitrogens with one attached hydrogen (secondary N) is 2. The molecule has 142 valence electrons. The number of carbonyl (C=O) groups is 2. The highest BCUT2D eigenvalue weighted by atomic mass is 19.1. The second-order valence-corrected chi connectivity index (χ2v) is 5.72. The van der Waals surface area contributed by atoms with Crippen LogP contribution in [0, 0.1) is 5.82 Å². The number of carbonyl (C=O) groups excluding carboxylic acids is 2. The molecule has 0 heterocycles. The van der Waals surface area contributed by atoms with E-state index >= 15 is 0 Å². The van der Waals surface area contributed by atoms with Crippen LogP contribution in [-0.4, -0.2) is 37.7 Å². The van der Waals surface area contributed by atoms with Crippen molar-refractivity contribution >= 4 is 23.7 Å². The van der Waals surface area contributed by atoms with Gasteiger partial charge in [-0.3, -0.25) is 9.59 Å². The molecule has 2 rings (SSSR count). The van der Waals surface area contributed by atoms with Crippen molar-refractivity contribution in [3.8, 4) is 0 Å². The van der Waals surface area contributed by atoms with Crippen molar-refractivity contribution < 1.29 is 14.0 Å². The first kappa shape index (κ1) is 20.1. The molecule has 0 bridgehead atoms. The highest BCUT2D eigenvalue weighted by Crippen LogP contribution is 2.13. The summed E-state index contributed by atoms with van der Waals surface area (Å²) in [5, 5.41) is 6.21. The van der Waals surface area contributed by atoms with Gasteiger partial charge in [-0.15, -0.1) is 0 Å². The lowest BCUT2D eigenvalue weighted by atomic mass is 10.2. The average Bonchev–Trinajstić information content (AvgIpc) is 2.68. The minimum Gasteiger partial charge on any atom is -0.372 e. The van der Waals surface area contributed by atoms with Crippen LogP contribution in [0.25, 0.3) is 0 Å². The van der Waals surface area contributed by atoms with Crippen LogP contribution in [0.15, 0.2) is 53.6 Å². The molecule has 2 amide bonds. The van der Waals surface area contributed by atoms with Crippen LogP contribution in [0.5, 0.6) is 0 Å². The van der Waals surface area contributed by atoms with Crippen LogP contribution in [0.3, 0.4) is 0 Å². The SMILES string of the molecule is CCN(CC)c1ccc(/C=N\NC(=O)CNC(=O)c2ccccc2F)cc1. The van der Waals surface area contributed by atoms with Crippen LogP contribution >= 0.6 is 0 Å². The van der Waals surface area contributed by atoms with Crippen LogP contribution in [0.2, 0.25) is 0 Å². The Balaban J connectivity index is 1.81. The molecular formula is C20H23FN4O2. The van der Waals surface area contributed by atoms with Crippen molar-refractivity contribution in [1.29, 1.82) is 0 Å². The molecule has 0 aliphatic carbocycles. The molecule has 0 aliphatic rings.